The predicted molar refractivity (Wildman–Crippen MR) is 161 cm³/mol. The van der Waals surface area contributed by atoms with E-state index in [0.717, 1.165) is 29.5 Å². The molecule has 5 rings (SSSR count). The Morgan fingerprint density at radius 2 is 1.88 bits per heavy atom. The van der Waals surface area contributed by atoms with Crippen LogP contribution in [0.5, 0.6) is 0 Å². The summed E-state index contributed by atoms with van der Waals surface area (Å²) in [5.74, 6) is 2.51. The van der Waals surface area contributed by atoms with Crippen LogP contribution in [0, 0.1) is 5.92 Å². The van der Waals surface area contributed by atoms with Gasteiger partial charge in [-0.3, -0.25) is 0 Å². The number of ether oxygens (including phenoxy) is 2. The molecule has 2 atom stereocenters. The molecule has 2 fully saturated rings. The third kappa shape index (κ3) is 7.06. The van der Waals surface area contributed by atoms with Crippen LogP contribution in [0.1, 0.15) is 31.7 Å². The van der Waals surface area contributed by atoms with Crippen molar-refractivity contribution in [2.24, 2.45) is 5.92 Å². The molecule has 11 nitrogen and oxygen atoms in total. The number of anilines is 4. The van der Waals surface area contributed by atoms with Crippen LogP contribution in [-0.2, 0) is 19.3 Å². The van der Waals surface area contributed by atoms with Crippen molar-refractivity contribution >= 4 is 43.9 Å². The second-order valence-corrected chi connectivity index (χ2v) is 13.6. The number of fused-ring (bicyclic) bond motifs is 1. The average Bonchev–Trinajstić information content (AvgIpc) is 2.90. The first-order chi connectivity index (χ1) is 19.6. The summed E-state index contributed by atoms with van der Waals surface area (Å²) in [7, 11) is -1.36. The molecule has 0 bridgehead atoms. The summed E-state index contributed by atoms with van der Waals surface area (Å²) in [6.07, 6.45) is 4.69. The van der Waals surface area contributed by atoms with Gasteiger partial charge in [-0.25, -0.2) is 18.4 Å². The minimum Gasteiger partial charge on any atom is -0.389 e. The Morgan fingerprint density at radius 1 is 1.07 bits per heavy atom. The van der Waals surface area contributed by atoms with E-state index in [1.54, 1.807) is 19.4 Å². The number of aliphatic hydroxyl groups is 1. The monoisotopic (exact) mass is 584 g/mol. The summed E-state index contributed by atoms with van der Waals surface area (Å²) < 4.78 is 34.2. The number of methoxy groups -OCH3 is 1. The molecular weight excluding hydrogens is 544 g/mol. The van der Waals surface area contributed by atoms with E-state index >= 15 is 0 Å². The maximum absolute atomic E-state index is 11.7. The van der Waals surface area contributed by atoms with Gasteiger partial charge in [-0.05, 0) is 41.5 Å². The average molecular weight is 585 g/mol. The minimum atomic E-state index is -2.99. The van der Waals surface area contributed by atoms with E-state index in [9.17, 15) is 13.5 Å². The fraction of sp³-hybridized carbons (Fsp3) is 0.552. The van der Waals surface area contributed by atoms with Gasteiger partial charge < -0.3 is 29.7 Å². The highest BCUT2D eigenvalue weighted by Gasteiger charge is 2.31. The highest BCUT2D eigenvalue weighted by atomic mass is 32.2. The Labute approximate surface area is 241 Å². The van der Waals surface area contributed by atoms with Crippen molar-refractivity contribution < 1.29 is 23.0 Å². The first-order valence-electron chi connectivity index (χ1n) is 14.1. The normalized spacial score (nSPS) is 20.0. The predicted octanol–water partition coefficient (Wildman–Crippen LogP) is 2.98. The van der Waals surface area contributed by atoms with Crippen molar-refractivity contribution in [3.63, 3.8) is 0 Å². The maximum Gasteiger partial charge on any atom is 0.227 e. The van der Waals surface area contributed by atoms with Crippen LogP contribution >= 0.6 is 0 Å². The van der Waals surface area contributed by atoms with E-state index < -0.39 is 15.9 Å². The van der Waals surface area contributed by atoms with Gasteiger partial charge in [0.25, 0.3) is 0 Å². The third-order valence-electron chi connectivity index (χ3n) is 7.69. The number of nitrogens with one attached hydrogen (secondary N) is 1. The molecule has 2 aliphatic heterocycles. The van der Waals surface area contributed by atoms with E-state index in [-0.39, 0.29) is 17.8 Å². The van der Waals surface area contributed by atoms with E-state index in [0.29, 0.717) is 56.2 Å². The largest absolute Gasteiger partial charge is 0.389 e. The lowest BCUT2D eigenvalue weighted by atomic mass is 9.93. The van der Waals surface area contributed by atoms with Gasteiger partial charge in [0.1, 0.15) is 21.5 Å². The molecule has 0 unspecified atom stereocenters. The van der Waals surface area contributed by atoms with Gasteiger partial charge >= 0.3 is 0 Å². The van der Waals surface area contributed by atoms with Gasteiger partial charge in [-0.1, -0.05) is 19.9 Å². The summed E-state index contributed by atoms with van der Waals surface area (Å²) in [4.78, 5) is 18.0. The van der Waals surface area contributed by atoms with Crippen LogP contribution in [0.2, 0.25) is 0 Å². The number of piperidine rings is 1. The van der Waals surface area contributed by atoms with Crippen molar-refractivity contribution in [3.8, 4) is 0 Å². The number of β-amino-alcohol motifs (C(OH)–C–C–N with tert-alkyl or cyclic N) is 1. The molecule has 0 saturated carbocycles. The summed E-state index contributed by atoms with van der Waals surface area (Å²) in [6.45, 7) is 7.79. The van der Waals surface area contributed by atoms with Crippen LogP contribution in [0.15, 0.2) is 36.7 Å². The summed E-state index contributed by atoms with van der Waals surface area (Å²) in [5.41, 5.74) is 2.29. The number of hydrogen-bond acceptors (Lipinski definition) is 11. The molecule has 3 aromatic rings. The molecule has 2 saturated heterocycles. The Morgan fingerprint density at radius 3 is 2.59 bits per heavy atom. The highest BCUT2D eigenvalue weighted by Crippen LogP contribution is 2.37. The molecule has 2 aliphatic rings. The lowest BCUT2D eigenvalue weighted by Gasteiger charge is -2.41. The van der Waals surface area contributed by atoms with Crippen molar-refractivity contribution in [3.05, 3.63) is 42.2 Å². The van der Waals surface area contributed by atoms with E-state index in [4.69, 9.17) is 19.4 Å². The number of hydrogen-bond donors (Lipinski definition) is 2. The molecule has 12 heteroatoms. The summed E-state index contributed by atoms with van der Waals surface area (Å²) in [5, 5.41) is 16.1. The van der Waals surface area contributed by atoms with Gasteiger partial charge in [0.2, 0.25) is 5.95 Å². The van der Waals surface area contributed by atoms with Crippen LogP contribution in [0.3, 0.4) is 0 Å². The van der Waals surface area contributed by atoms with Crippen LogP contribution < -0.4 is 15.1 Å². The minimum absolute atomic E-state index is 0.153. The standard InChI is InChI=1S/C29H40N6O5S/c1-19(2)21-5-6-24(35-15-20(16-35)18-41(4,37)38)23-14-31-28(13-22(21)23)32-27-7-9-30-29(33-27)34-10-8-26(25(36)17-34)40-12-11-39-3/h5-7,9,13-14,19-20,25-26,36H,8,10-12,15-18H2,1-4H3,(H,30,31,32,33)/t25-,26-/m0/s1. The Balaban J connectivity index is 1.31. The molecule has 0 amide bonds. The molecule has 0 aliphatic carbocycles. The smallest absolute Gasteiger partial charge is 0.227 e. The first-order valence-corrected chi connectivity index (χ1v) is 16.2. The van der Waals surface area contributed by atoms with Gasteiger partial charge in [0, 0.05) is 68.9 Å². The van der Waals surface area contributed by atoms with E-state index in [2.05, 4.69) is 47.2 Å². The lowest BCUT2D eigenvalue weighted by Crippen LogP contribution is -2.49. The van der Waals surface area contributed by atoms with Gasteiger partial charge in [-0.2, -0.15) is 4.98 Å². The van der Waals surface area contributed by atoms with E-state index in [1.165, 1.54) is 11.8 Å². The van der Waals surface area contributed by atoms with Crippen LogP contribution in [0.4, 0.5) is 23.3 Å². The molecule has 222 valence electrons. The molecule has 1 aromatic carbocycles. The third-order valence-corrected chi connectivity index (χ3v) is 8.77. The summed E-state index contributed by atoms with van der Waals surface area (Å²) >= 11 is 0. The number of rotatable bonds is 11. The molecule has 2 aromatic heterocycles. The molecule has 4 heterocycles. The second-order valence-electron chi connectivity index (χ2n) is 11.4. The Bertz CT molecular complexity index is 1460. The number of benzene rings is 1. The van der Waals surface area contributed by atoms with Crippen molar-refractivity contribution in [2.45, 2.75) is 38.4 Å². The van der Waals surface area contributed by atoms with E-state index in [1.807, 2.05) is 11.1 Å². The maximum atomic E-state index is 11.7. The Kier molecular flexibility index (Phi) is 8.93. The van der Waals surface area contributed by atoms with Crippen molar-refractivity contribution in [1.29, 1.82) is 0 Å². The molecule has 0 radical (unpaired) electrons. The number of nitrogens with zero attached hydrogens (tertiary/aromatic N) is 5. The van der Waals surface area contributed by atoms with Crippen LogP contribution in [0.25, 0.3) is 10.8 Å². The molecule has 41 heavy (non-hydrogen) atoms. The first kappa shape index (κ1) is 29.4. The lowest BCUT2D eigenvalue weighted by molar-refractivity contribution is -0.0593. The molecule has 2 N–H and O–H groups in total. The molecular formula is C29H40N6O5S. The van der Waals surface area contributed by atoms with Gasteiger partial charge in [-0.15, -0.1) is 0 Å². The number of aromatic nitrogens is 3. The van der Waals surface area contributed by atoms with Crippen molar-refractivity contribution in [1.82, 2.24) is 15.0 Å². The summed E-state index contributed by atoms with van der Waals surface area (Å²) in [6, 6.07) is 8.14. The van der Waals surface area contributed by atoms with Crippen molar-refractivity contribution in [2.75, 3.05) is 73.6 Å². The quantitative estimate of drug-likeness (QED) is 0.323. The Hall–Kier alpha value is -3.06. The number of aliphatic hydroxyl groups excluding tert-OH is 1. The number of sulfone groups is 1. The fourth-order valence-electron chi connectivity index (χ4n) is 5.66. The van der Waals surface area contributed by atoms with Gasteiger partial charge in [0.15, 0.2) is 0 Å². The van der Waals surface area contributed by atoms with Crippen LogP contribution in [-0.4, -0.2) is 99.2 Å². The zero-order valence-corrected chi connectivity index (χ0v) is 25.0. The zero-order valence-electron chi connectivity index (χ0n) is 24.2. The topological polar surface area (TPSA) is 130 Å². The zero-order chi connectivity index (χ0) is 29.1. The fourth-order valence-corrected chi connectivity index (χ4v) is 6.73. The highest BCUT2D eigenvalue weighted by molar-refractivity contribution is 7.90. The second kappa shape index (κ2) is 12.4. The number of pyridine rings is 1. The SMILES string of the molecule is COCCO[C@H]1CCN(c2nccc(Nc3cc4c(C(C)C)ccc(N5CC(CS(C)(=O)=O)C5)c4cn3)n2)C[C@@H]1O. The van der Waals surface area contributed by atoms with Gasteiger partial charge in [0.05, 0.1) is 31.2 Å². The molecule has 0 spiro atoms.